The Morgan fingerprint density at radius 3 is 2.20 bits per heavy atom. The number of methoxy groups -OCH3 is 1. The molecule has 1 saturated heterocycles. The Balaban J connectivity index is 1.78. The molecule has 0 radical (unpaired) electrons. The lowest BCUT2D eigenvalue weighted by molar-refractivity contribution is -0.138. The largest absolute Gasteiger partial charge is 0.496 e. The van der Waals surface area contributed by atoms with Gasteiger partial charge in [0.15, 0.2) is 0 Å². The molecule has 0 aliphatic carbocycles. The molecule has 1 fully saturated rings. The van der Waals surface area contributed by atoms with Crippen LogP contribution in [0.3, 0.4) is 0 Å². The SMILES string of the molecule is COc1ccc(C(C)C)cc1-c1ccc(C(F)(F)F)cc1CN1CC(c2cc(C)cc(C(F)(F)F)c2)NS1(=O)=O. The van der Waals surface area contributed by atoms with Crippen LogP contribution < -0.4 is 9.46 Å². The fourth-order valence-electron chi connectivity index (χ4n) is 4.74. The molecule has 1 atom stereocenters. The Bertz CT molecular complexity index is 1520. The molecule has 4 rings (SSSR count). The zero-order valence-electron chi connectivity index (χ0n) is 22.1. The number of nitrogens with zero attached hydrogens (tertiary/aromatic N) is 1. The van der Waals surface area contributed by atoms with Gasteiger partial charge in [0.1, 0.15) is 5.75 Å². The molecule has 1 N–H and O–H groups in total. The van der Waals surface area contributed by atoms with E-state index in [-0.39, 0.29) is 23.6 Å². The van der Waals surface area contributed by atoms with Gasteiger partial charge in [-0.05, 0) is 71.5 Å². The summed E-state index contributed by atoms with van der Waals surface area (Å²) in [6.07, 6.45) is -9.31. The van der Waals surface area contributed by atoms with E-state index in [2.05, 4.69) is 4.72 Å². The van der Waals surface area contributed by atoms with Crippen molar-refractivity contribution in [2.75, 3.05) is 13.7 Å². The summed E-state index contributed by atoms with van der Waals surface area (Å²) in [5, 5.41) is 0. The third kappa shape index (κ3) is 6.29. The van der Waals surface area contributed by atoms with E-state index in [9.17, 15) is 34.8 Å². The van der Waals surface area contributed by atoms with E-state index in [1.54, 1.807) is 12.1 Å². The van der Waals surface area contributed by atoms with Crippen molar-refractivity contribution < 1.29 is 39.5 Å². The first-order chi connectivity index (χ1) is 18.5. The third-order valence-electron chi connectivity index (χ3n) is 6.81. The highest BCUT2D eigenvalue weighted by Gasteiger charge is 2.39. The van der Waals surface area contributed by atoms with Gasteiger partial charge >= 0.3 is 12.4 Å². The molecule has 12 heteroatoms. The molecule has 0 spiro atoms. The zero-order chi connectivity index (χ0) is 29.6. The molecule has 1 unspecified atom stereocenters. The highest BCUT2D eigenvalue weighted by atomic mass is 32.2. The molecule has 5 nitrogen and oxygen atoms in total. The second kappa shape index (κ2) is 10.7. The molecular weight excluding hydrogens is 558 g/mol. The highest BCUT2D eigenvalue weighted by Crippen LogP contribution is 2.40. The molecule has 3 aromatic rings. The van der Waals surface area contributed by atoms with Gasteiger partial charge in [-0.1, -0.05) is 37.6 Å². The fourth-order valence-corrected chi connectivity index (χ4v) is 6.12. The Morgan fingerprint density at radius 2 is 1.60 bits per heavy atom. The average Bonchev–Trinajstić information content (AvgIpc) is 3.16. The predicted molar refractivity (Wildman–Crippen MR) is 139 cm³/mol. The lowest BCUT2D eigenvalue weighted by Gasteiger charge is -2.20. The maximum atomic E-state index is 13.7. The van der Waals surface area contributed by atoms with Crippen molar-refractivity contribution in [2.24, 2.45) is 0 Å². The molecule has 3 aromatic carbocycles. The quantitative estimate of drug-likeness (QED) is 0.310. The third-order valence-corrected chi connectivity index (χ3v) is 8.35. The lowest BCUT2D eigenvalue weighted by atomic mass is 9.92. The van der Waals surface area contributed by atoms with Crippen LogP contribution in [0.25, 0.3) is 11.1 Å². The Hall–Kier alpha value is -3.09. The number of alkyl halides is 6. The van der Waals surface area contributed by atoms with E-state index in [0.717, 1.165) is 34.1 Å². The minimum Gasteiger partial charge on any atom is -0.496 e. The highest BCUT2D eigenvalue weighted by molar-refractivity contribution is 7.87. The standard InChI is InChI=1S/C28H28F6N2O3S/c1-16(2)18-5-8-26(39-4)24(13-18)23-7-6-21(27(29,30)31)12-20(23)14-36-15-25(35-40(36,37)38)19-9-17(3)10-22(11-19)28(32,33)34/h5-13,16,25,35H,14-15H2,1-4H3. The molecule has 0 aromatic heterocycles. The Kier molecular flexibility index (Phi) is 8.00. The summed E-state index contributed by atoms with van der Waals surface area (Å²) in [5.74, 6) is 0.493. The topological polar surface area (TPSA) is 58.6 Å². The van der Waals surface area contributed by atoms with Gasteiger partial charge in [-0.25, -0.2) is 0 Å². The second-order valence-electron chi connectivity index (χ2n) is 10.1. The summed E-state index contributed by atoms with van der Waals surface area (Å²) < 4.78 is 116. The summed E-state index contributed by atoms with van der Waals surface area (Å²) in [7, 11) is -2.81. The van der Waals surface area contributed by atoms with Gasteiger partial charge in [0.25, 0.3) is 10.2 Å². The van der Waals surface area contributed by atoms with Crippen LogP contribution in [0.2, 0.25) is 0 Å². The van der Waals surface area contributed by atoms with Crippen molar-refractivity contribution in [3.05, 3.63) is 88.0 Å². The van der Waals surface area contributed by atoms with Crippen molar-refractivity contribution >= 4 is 10.2 Å². The maximum Gasteiger partial charge on any atom is 0.416 e. The molecule has 0 bridgehead atoms. The Morgan fingerprint density at radius 1 is 0.925 bits per heavy atom. The number of hydrogen-bond donors (Lipinski definition) is 1. The Labute approximate surface area is 229 Å². The summed E-state index contributed by atoms with van der Waals surface area (Å²) in [4.78, 5) is 0. The minimum atomic E-state index is -4.68. The van der Waals surface area contributed by atoms with Crippen LogP contribution in [0.15, 0.2) is 54.6 Å². The second-order valence-corrected chi connectivity index (χ2v) is 11.8. The van der Waals surface area contributed by atoms with E-state index in [1.165, 1.54) is 26.2 Å². The van der Waals surface area contributed by atoms with E-state index >= 15 is 0 Å². The number of benzene rings is 3. The summed E-state index contributed by atoms with van der Waals surface area (Å²) in [5.41, 5.74) is 0.330. The number of nitrogens with one attached hydrogen (secondary N) is 1. The smallest absolute Gasteiger partial charge is 0.416 e. The first kappa shape index (κ1) is 29.9. The van der Waals surface area contributed by atoms with Gasteiger partial charge in [0.2, 0.25) is 0 Å². The predicted octanol–water partition coefficient (Wildman–Crippen LogP) is 7.22. The van der Waals surface area contributed by atoms with Crippen molar-refractivity contribution in [3.63, 3.8) is 0 Å². The van der Waals surface area contributed by atoms with Gasteiger partial charge < -0.3 is 4.74 Å². The minimum absolute atomic E-state index is 0.0697. The van der Waals surface area contributed by atoms with Crippen molar-refractivity contribution in [2.45, 2.75) is 51.6 Å². The van der Waals surface area contributed by atoms with Gasteiger partial charge in [-0.3, -0.25) is 0 Å². The number of ether oxygens (including phenoxy) is 1. The van der Waals surface area contributed by atoms with E-state index in [0.29, 0.717) is 22.4 Å². The van der Waals surface area contributed by atoms with Crippen molar-refractivity contribution in [3.8, 4) is 16.9 Å². The maximum absolute atomic E-state index is 13.7. The van der Waals surface area contributed by atoms with Crippen LogP contribution in [0, 0.1) is 6.92 Å². The average molecular weight is 587 g/mol. The van der Waals surface area contributed by atoms with Crippen LogP contribution in [0.1, 0.15) is 59.2 Å². The molecule has 0 saturated carbocycles. The molecule has 216 valence electrons. The van der Waals surface area contributed by atoms with Crippen LogP contribution in [0.4, 0.5) is 26.3 Å². The van der Waals surface area contributed by atoms with Gasteiger partial charge in [-0.2, -0.15) is 43.8 Å². The van der Waals surface area contributed by atoms with Gasteiger partial charge in [0.05, 0.1) is 24.3 Å². The zero-order valence-corrected chi connectivity index (χ0v) is 22.9. The number of rotatable bonds is 6. The van der Waals surface area contributed by atoms with Crippen LogP contribution in [-0.2, 0) is 29.1 Å². The summed E-state index contributed by atoms with van der Waals surface area (Å²) in [6.45, 7) is 4.66. The lowest BCUT2D eigenvalue weighted by Crippen LogP contribution is -2.29. The van der Waals surface area contributed by atoms with Crippen molar-refractivity contribution in [1.29, 1.82) is 0 Å². The normalized spacial score (nSPS) is 17.9. The van der Waals surface area contributed by atoms with E-state index in [4.69, 9.17) is 4.74 Å². The molecule has 1 heterocycles. The molecular formula is C28H28F6N2O3S. The van der Waals surface area contributed by atoms with Crippen LogP contribution >= 0.6 is 0 Å². The molecule has 1 aliphatic rings. The monoisotopic (exact) mass is 586 g/mol. The van der Waals surface area contributed by atoms with Crippen LogP contribution in [0.5, 0.6) is 5.75 Å². The molecule has 1 aliphatic heterocycles. The fraction of sp³-hybridized carbons (Fsp3) is 0.357. The number of hydrogen-bond acceptors (Lipinski definition) is 3. The first-order valence-corrected chi connectivity index (χ1v) is 13.8. The van der Waals surface area contributed by atoms with E-state index < -0.39 is 46.3 Å². The van der Waals surface area contributed by atoms with Crippen molar-refractivity contribution in [1.82, 2.24) is 9.03 Å². The molecule has 40 heavy (non-hydrogen) atoms. The first-order valence-electron chi connectivity index (χ1n) is 12.3. The van der Waals surface area contributed by atoms with Gasteiger partial charge in [-0.15, -0.1) is 0 Å². The number of aryl methyl sites for hydroxylation is 1. The van der Waals surface area contributed by atoms with E-state index in [1.807, 2.05) is 19.9 Å². The van der Waals surface area contributed by atoms with Gasteiger partial charge in [0, 0.05) is 18.7 Å². The summed E-state index contributed by atoms with van der Waals surface area (Å²) >= 11 is 0. The van der Waals surface area contributed by atoms with Crippen LogP contribution in [-0.4, -0.2) is 26.4 Å². The molecule has 0 amide bonds. The number of halogens is 6. The summed E-state index contributed by atoms with van der Waals surface area (Å²) in [6, 6.07) is 10.7.